The normalized spacial score (nSPS) is 14.1. The highest BCUT2D eigenvalue weighted by molar-refractivity contribution is 5.98. The van der Waals surface area contributed by atoms with Gasteiger partial charge in [0.2, 0.25) is 0 Å². The van der Waals surface area contributed by atoms with Crippen molar-refractivity contribution in [3.63, 3.8) is 0 Å². The molecule has 0 amide bonds. The smallest absolute Gasteiger partial charge is 0.328 e. The zero-order chi connectivity index (χ0) is 29.5. The lowest BCUT2D eigenvalue weighted by atomic mass is 9.85. The Morgan fingerprint density at radius 3 is 2.35 bits per heavy atom. The van der Waals surface area contributed by atoms with Gasteiger partial charge in [-0.2, -0.15) is 0 Å². The molecule has 2 aromatic carbocycles. The Morgan fingerprint density at radius 2 is 1.82 bits per heavy atom. The number of aliphatic carboxylic acids is 1. The van der Waals surface area contributed by atoms with Crippen molar-refractivity contribution >= 4 is 17.2 Å². The number of carboxylic acids is 1. The first-order valence-corrected chi connectivity index (χ1v) is 14.4. The quantitative estimate of drug-likeness (QED) is 0.149. The van der Waals surface area contributed by atoms with E-state index in [0.29, 0.717) is 18.1 Å². The Kier molecular flexibility index (Phi) is 13.7. The van der Waals surface area contributed by atoms with Crippen molar-refractivity contribution < 1.29 is 19.4 Å². The molecule has 218 valence electrons. The summed E-state index contributed by atoms with van der Waals surface area (Å²) < 4.78 is 10.4. The summed E-state index contributed by atoms with van der Waals surface area (Å²) in [5.41, 5.74) is 7.07. The first-order chi connectivity index (χ1) is 19.1. The van der Waals surface area contributed by atoms with Crippen LogP contribution in [-0.2, 0) is 26.3 Å². The fourth-order valence-electron chi connectivity index (χ4n) is 4.26. The molecule has 0 saturated heterocycles. The van der Waals surface area contributed by atoms with Crippen LogP contribution in [0.1, 0.15) is 89.5 Å². The minimum absolute atomic E-state index is 0.0323. The monoisotopic (exact) mass is 547 g/mol. The van der Waals surface area contributed by atoms with Gasteiger partial charge in [0.25, 0.3) is 0 Å². The molecule has 0 heterocycles. The van der Waals surface area contributed by atoms with E-state index in [0.717, 1.165) is 48.4 Å². The number of nitrogens with one attached hydrogen (secondary N) is 1. The second-order valence-electron chi connectivity index (χ2n) is 11.4. The van der Waals surface area contributed by atoms with Crippen LogP contribution in [0.15, 0.2) is 72.5 Å². The van der Waals surface area contributed by atoms with Crippen LogP contribution >= 0.6 is 0 Å². The lowest BCUT2D eigenvalue weighted by molar-refractivity contribution is -0.131. The fourth-order valence-corrected chi connectivity index (χ4v) is 4.26. The van der Waals surface area contributed by atoms with Crippen LogP contribution in [0.3, 0.4) is 0 Å². The van der Waals surface area contributed by atoms with Gasteiger partial charge in [-0.15, -0.1) is 0 Å². The van der Waals surface area contributed by atoms with E-state index in [1.165, 1.54) is 30.1 Å². The average molecular weight is 548 g/mol. The SMILES string of the molecule is C/C=C/OC.CC/C=C(\C)CCNc1ccc(COCC2CC2)cc1/C(=C/C(=O)O)c1ccc(C(C)(C)C)cc1. The van der Waals surface area contributed by atoms with Crippen molar-refractivity contribution in [2.75, 3.05) is 25.6 Å². The molecule has 3 rings (SSSR count). The molecule has 1 saturated carbocycles. The van der Waals surface area contributed by atoms with Gasteiger partial charge in [0, 0.05) is 30.5 Å². The number of hydrogen-bond donors (Lipinski definition) is 2. The van der Waals surface area contributed by atoms with Crippen molar-refractivity contribution in [2.24, 2.45) is 5.92 Å². The zero-order valence-electron chi connectivity index (χ0n) is 25.5. The van der Waals surface area contributed by atoms with Crippen molar-refractivity contribution in [3.05, 3.63) is 94.8 Å². The van der Waals surface area contributed by atoms with Gasteiger partial charge >= 0.3 is 5.97 Å². The minimum atomic E-state index is -0.956. The van der Waals surface area contributed by atoms with Crippen LogP contribution in [0.2, 0.25) is 0 Å². The Morgan fingerprint density at radius 1 is 1.12 bits per heavy atom. The van der Waals surface area contributed by atoms with Crippen LogP contribution in [0, 0.1) is 5.92 Å². The number of ether oxygens (including phenoxy) is 2. The van der Waals surface area contributed by atoms with Gasteiger partial charge in [-0.25, -0.2) is 4.79 Å². The largest absolute Gasteiger partial charge is 0.505 e. The Labute approximate surface area is 242 Å². The molecule has 0 unspecified atom stereocenters. The van der Waals surface area contributed by atoms with E-state index in [1.54, 1.807) is 13.4 Å². The molecule has 5 nitrogen and oxygen atoms in total. The predicted molar refractivity (Wildman–Crippen MR) is 168 cm³/mol. The number of allylic oxidation sites excluding steroid dienone is 2. The van der Waals surface area contributed by atoms with E-state index in [4.69, 9.17) is 4.74 Å². The highest BCUT2D eigenvalue weighted by atomic mass is 16.5. The predicted octanol–water partition coefficient (Wildman–Crippen LogP) is 8.75. The maximum absolute atomic E-state index is 11.9. The number of anilines is 1. The highest BCUT2D eigenvalue weighted by Crippen LogP contribution is 2.33. The van der Waals surface area contributed by atoms with Gasteiger partial charge in [-0.3, -0.25) is 0 Å². The lowest BCUT2D eigenvalue weighted by Crippen LogP contribution is -2.11. The van der Waals surface area contributed by atoms with Crippen LogP contribution in [0.4, 0.5) is 5.69 Å². The summed E-state index contributed by atoms with van der Waals surface area (Å²) in [6.45, 7) is 14.9. The van der Waals surface area contributed by atoms with E-state index in [1.807, 2.05) is 25.1 Å². The van der Waals surface area contributed by atoms with E-state index in [-0.39, 0.29) is 5.41 Å². The van der Waals surface area contributed by atoms with Gasteiger partial charge in [0.1, 0.15) is 0 Å². The fraction of sp³-hybridized carbons (Fsp3) is 0.457. The number of carbonyl (C=O) groups is 1. The van der Waals surface area contributed by atoms with Crippen molar-refractivity contribution in [3.8, 4) is 0 Å². The Hall–Kier alpha value is -3.31. The van der Waals surface area contributed by atoms with E-state index >= 15 is 0 Å². The molecule has 1 fully saturated rings. The standard InChI is InChI=1S/C31H41NO3.C4H8O/c1-6-7-22(2)16-17-32-29-15-10-24(21-35-20-23-8-9-23)18-28(29)27(19-30(33)34)25-11-13-26(14-12-25)31(3,4)5;1-3-4-5-2/h7,10-15,18-19,23,32H,6,8-9,16-17,20-21H2,1-5H3,(H,33,34);3-4H,1-2H3/b22-7+,27-19+;4-3+. The number of rotatable bonds is 13. The molecule has 5 heteroatoms. The highest BCUT2D eigenvalue weighted by Gasteiger charge is 2.21. The Bertz CT molecular complexity index is 1150. The molecular formula is C35H49NO4. The first-order valence-electron chi connectivity index (χ1n) is 14.4. The van der Waals surface area contributed by atoms with Gasteiger partial charge in [-0.05, 0) is 85.3 Å². The van der Waals surface area contributed by atoms with Crippen LogP contribution in [-0.4, -0.2) is 31.3 Å². The summed E-state index contributed by atoms with van der Waals surface area (Å²) in [7, 11) is 1.62. The molecule has 2 N–H and O–H groups in total. The number of benzene rings is 2. The van der Waals surface area contributed by atoms with Crippen LogP contribution in [0.25, 0.3) is 5.57 Å². The molecular weight excluding hydrogens is 498 g/mol. The molecule has 0 spiro atoms. The zero-order valence-corrected chi connectivity index (χ0v) is 25.5. The van der Waals surface area contributed by atoms with E-state index in [9.17, 15) is 9.90 Å². The van der Waals surface area contributed by atoms with Gasteiger partial charge in [0.15, 0.2) is 0 Å². The third-order valence-electron chi connectivity index (χ3n) is 6.68. The van der Waals surface area contributed by atoms with E-state index in [2.05, 4.69) is 81.1 Å². The molecule has 0 atom stereocenters. The summed E-state index contributed by atoms with van der Waals surface area (Å²) in [5, 5.41) is 13.3. The molecule has 0 radical (unpaired) electrons. The van der Waals surface area contributed by atoms with Crippen molar-refractivity contribution in [2.45, 2.75) is 79.2 Å². The maximum Gasteiger partial charge on any atom is 0.328 e. The Balaban J connectivity index is 0.00000103. The second-order valence-corrected chi connectivity index (χ2v) is 11.4. The lowest BCUT2D eigenvalue weighted by Gasteiger charge is -2.21. The first kappa shape index (κ1) is 32.9. The molecule has 0 aliphatic heterocycles. The topological polar surface area (TPSA) is 67.8 Å². The molecule has 1 aliphatic carbocycles. The summed E-state index contributed by atoms with van der Waals surface area (Å²) >= 11 is 0. The third-order valence-corrected chi connectivity index (χ3v) is 6.68. The maximum atomic E-state index is 11.9. The third kappa shape index (κ3) is 11.8. The number of hydrogen-bond acceptors (Lipinski definition) is 4. The van der Waals surface area contributed by atoms with Crippen LogP contribution in [0.5, 0.6) is 0 Å². The average Bonchev–Trinajstić information content (AvgIpc) is 3.73. The number of methoxy groups -OCH3 is 1. The second kappa shape index (κ2) is 16.7. The number of carboxylic acid groups (broad SMARTS) is 1. The van der Waals surface area contributed by atoms with Crippen molar-refractivity contribution in [1.29, 1.82) is 0 Å². The molecule has 0 bridgehead atoms. The molecule has 40 heavy (non-hydrogen) atoms. The van der Waals surface area contributed by atoms with E-state index < -0.39 is 5.97 Å². The molecule has 0 aromatic heterocycles. The summed E-state index contributed by atoms with van der Waals surface area (Å²) in [5.74, 6) is -0.249. The van der Waals surface area contributed by atoms with Crippen LogP contribution < -0.4 is 5.32 Å². The minimum Gasteiger partial charge on any atom is -0.505 e. The van der Waals surface area contributed by atoms with Gasteiger partial charge < -0.3 is 19.9 Å². The molecule has 2 aromatic rings. The van der Waals surface area contributed by atoms with Gasteiger partial charge in [-0.1, -0.05) is 75.8 Å². The summed E-state index contributed by atoms with van der Waals surface area (Å²) in [4.78, 5) is 11.9. The van der Waals surface area contributed by atoms with Gasteiger partial charge in [0.05, 0.1) is 20.0 Å². The summed E-state index contributed by atoms with van der Waals surface area (Å²) in [6.07, 6.45) is 11.5. The molecule has 1 aliphatic rings. The summed E-state index contributed by atoms with van der Waals surface area (Å²) in [6, 6.07) is 14.5. The van der Waals surface area contributed by atoms with Crippen molar-refractivity contribution in [1.82, 2.24) is 0 Å².